The Balaban J connectivity index is 0.00000361. The van der Waals surface area contributed by atoms with Crippen LogP contribution in [0, 0.1) is 0 Å². The van der Waals surface area contributed by atoms with Crippen molar-refractivity contribution in [3.8, 4) is 0 Å². The highest BCUT2D eigenvalue weighted by Crippen LogP contribution is 2.21. The lowest BCUT2D eigenvalue weighted by Gasteiger charge is -2.26. The third-order valence-electron chi connectivity index (χ3n) is 2.86. The zero-order valence-corrected chi connectivity index (χ0v) is 14.8. The van der Waals surface area contributed by atoms with Crippen LogP contribution in [-0.2, 0) is 4.79 Å². The van der Waals surface area contributed by atoms with Crippen LogP contribution in [0.4, 0.5) is 0 Å². The van der Waals surface area contributed by atoms with Crippen molar-refractivity contribution >= 4 is 51.5 Å². The zero-order valence-electron chi connectivity index (χ0n) is 11.6. The molecule has 0 bridgehead atoms. The van der Waals surface area contributed by atoms with E-state index >= 15 is 0 Å². The molecule has 0 saturated carbocycles. The Morgan fingerprint density at radius 3 is 2.50 bits per heavy atom. The van der Waals surface area contributed by atoms with E-state index in [1.807, 2.05) is 6.92 Å². The number of nitrogens with zero attached hydrogens (tertiary/aromatic N) is 1. The largest absolute Gasteiger partial charge is 0.340 e. The fourth-order valence-corrected chi connectivity index (χ4v) is 2.74. The minimum absolute atomic E-state index is 0. The number of nitrogens with one attached hydrogen (secondary N) is 1. The van der Waals surface area contributed by atoms with Crippen molar-refractivity contribution < 1.29 is 9.59 Å². The van der Waals surface area contributed by atoms with E-state index in [1.165, 1.54) is 11.3 Å². The second-order valence-electron chi connectivity index (χ2n) is 4.33. The molecule has 0 spiro atoms. The average Bonchev–Trinajstić information content (AvgIpc) is 2.82. The summed E-state index contributed by atoms with van der Waals surface area (Å²) in [6.07, 6.45) is 0. The Kier molecular flexibility index (Phi) is 8.34. The summed E-state index contributed by atoms with van der Waals surface area (Å²) in [6.45, 7) is 3.92. The van der Waals surface area contributed by atoms with Gasteiger partial charge in [-0.15, -0.1) is 23.7 Å². The maximum Gasteiger partial charge on any atom is 0.262 e. The number of rotatable bonds is 5. The van der Waals surface area contributed by atoms with Crippen LogP contribution in [0.2, 0.25) is 0 Å². The van der Waals surface area contributed by atoms with Gasteiger partial charge in [-0.25, -0.2) is 0 Å². The van der Waals surface area contributed by atoms with Crippen LogP contribution in [0.3, 0.4) is 0 Å². The molecule has 0 aliphatic carbocycles. The Labute approximate surface area is 137 Å². The van der Waals surface area contributed by atoms with Crippen molar-refractivity contribution in [3.05, 3.63) is 20.8 Å². The van der Waals surface area contributed by atoms with Gasteiger partial charge >= 0.3 is 0 Å². The van der Waals surface area contributed by atoms with Gasteiger partial charge in [0, 0.05) is 19.6 Å². The molecule has 1 aromatic heterocycles. The van der Waals surface area contributed by atoms with Crippen molar-refractivity contribution in [2.45, 2.75) is 25.9 Å². The van der Waals surface area contributed by atoms with Gasteiger partial charge in [0.05, 0.1) is 8.66 Å². The molecule has 0 radical (unpaired) electrons. The fraction of sp³-hybridized carbons (Fsp3) is 0.500. The fourth-order valence-electron chi connectivity index (χ4n) is 1.45. The monoisotopic (exact) mass is 383 g/mol. The summed E-state index contributed by atoms with van der Waals surface area (Å²) in [5.74, 6) is -0.396. The summed E-state index contributed by atoms with van der Waals surface area (Å²) in [6, 6.07) is 2.89. The first kappa shape index (κ1) is 19.4. The van der Waals surface area contributed by atoms with Crippen molar-refractivity contribution in [3.63, 3.8) is 0 Å². The quantitative estimate of drug-likeness (QED) is 0.813. The lowest BCUT2D eigenvalue weighted by atomic mass is 10.2. The van der Waals surface area contributed by atoms with Gasteiger partial charge in [-0.2, -0.15) is 0 Å². The van der Waals surface area contributed by atoms with Gasteiger partial charge in [0.1, 0.15) is 6.04 Å². The van der Waals surface area contributed by atoms with Crippen LogP contribution in [0.1, 0.15) is 23.5 Å². The number of hydrogen-bond donors (Lipinski definition) is 2. The third-order valence-corrected chi connectivity index (χ3v) is 4.49. The topological polar surface area (TPSA) is 75.4 Å². The summed E-state index contributed by atoms with van der Waals surface area (Å²) in [4.78, 5) is 26.1. The molecule has 114 valence electrons. The van der Waals surface area contributed by atoms with E-state index in [1.54, 1.807) is 31.0 Å². The summed E-state index contributed by atoms with van der Waals surface area (Å²) in [7, 11) is 1.68. The second-order valence-corrected chi connectivity index (χ2v) is 6.80. The van der Waals surface area contributed by atoms with Crippen molar-refractivity contribution in [2.24, 2.45) is 5.73 Å². The molecule has 0 saturated heterocycles. The number of carbonyl (C=O) groups excluding carboxylic acids is 2. The summed E-state index contributed by atoms with van der Waals surface area (Å²) < 4.78 is 0.880. The van der Waals surface area contributed by atoms with Gasteiger partial charge < -0.3 is 16.0 Å². The van der Waals surface area contributed by atoms with E-state index in [-0.39, 0.29) is 30.3 Å². The van der Waals surface area contributed by atoms with Crippen molar-refractivity contribution in [2.75, 3.05) is 13.6 Å². The van der Waals surface area contributed by atoms with E-state index < -0.39 is 6.04 Å². The van der Waals surface area contributed by atoms with E-state index in [0.29, 0.717) is 11.4 Å². The maximum atomic E-state index is 12.1. The molecule has 0 aliphatic rings. The lowest BCUT2D eigenvalue weighted by Crippen LogP contribution is -2.49. The molecule has 20 heavy (non-hydrogen) atoms. The first-order valence-electron chi connectivity index (χ1n) is 5.89. The SMILES string of the molecule is CC(NC(=O)c1ccc(Br)s1)C(=O)N(C)C(C)CN.Cl. The molecule has 1 heterocycles. The zero-order chi connectivity index (χ0) is 14.6. The van der Waals surface area contributed by atoms with Crippen molar-refractivity contribution in [1.82, 2.24) is 10.2 Å². The number of halogens is 2. The predicted octanol–water partition coefficient (Wildman–Crippen LogP) is 1.86. The standard InChI is InChI=1S/C12H18BrN3O2S.ClH/c1-7(6-14)16(3)12(18)8(2)15-11(17)9-4-5-10(13)19-9;/h4-5,7-8H,6,14H2,1-3H3,(H,15,17);1H. The lowest BCUT2D eigenvalue weighted by molar-refractivity contribution is -0.133. The molecule has 0 aromatic carbocycles. The molecule has 3 N–H and O–H groups in total. The minimum atomic E-state index is -0.577. The summed E-state index contributed by atoms with van der Waals surface area (Å²) >= 11 is 4.63. The number of likely N-dealkylation sites (N-methyl/N-ethyl adjacent to an activating group) is 1. The van der Waals surface area contributed by atoms with Gasteiger partial charge in [0.15, 0.2) is 0 Å². The van der Waals surface area contributed by atoms with Crippen LogP contribution in [0.5, 0.6) is 0 Å². The van der Waals surface area contributed by atoms with Gasteiger partial charge in [0.2, 0.25) is 5.91 Å². The number of nitrogens with two attached hydrogens (primary N) is 1. The van der Waals surface area contributed by atoms with Crippen LogP contribution < -0.4 is 11.1 Å². The Morgan fingerprint density at radius 2 is 2.05 bits per heavy atom. The van der Waals surface area contributed by atoms with E-state index in [9.17, 15) is 9.59 Å². The molecular weight excluding hydrogens is 366 g/mol. The predicted molar refractivity (Wildman–Crippen MR) is 87.5 cm³/mol. The molecule has 0 aliphatic heterocycles. The summed E-state index contributed by atoms with van der Waals surface area (Å²) in [5.41, 5.74) is 5.52. The van der Waals surface area contributed by atoms with Crippen LogP contribution >= 0.6 is 39.7 Å². The Morgan fingerprint density at radius 1 is 1.45 bits per heavy atom. The van der Waals surface area contributed by atoms with Gasteiger partial charge in [-0.3, -0.25) is 9.59 Å². The Hall–Kier alpha value is -0.630. The molecule has 2 amide bonds. The smallest absolute Gasteiger partial charge is 0.262 e. The first-order valence-corrected chi connectivity index (χ1v) is 7.50. The molecule has 5 nitrogen and oxygen atoms in total. The van der Waals surface area contributed by atoms with Crippen LogP contribution in [-0.4, -0.2) is 42.4 Å². The maximum absolute atomic E-state index is 12.1. The molecule has 2 unspecified atom stereocenters. The first-order chi connectivity index (χ1) is 8.86. The molecule has 8 heteroatoms. The van der Waals surface area contributed by atoms with E-state index in [4.69, 9.17) is 5.73 Å². The van der Waals surface area contributed by atoms with Crippen LogP contribution in [0.15, 0.2) is 15.9 Å². The van der Waals surface area contributed by atoms with E-state index in [2.05, 4.69) is 21.2 Å². The van der Waals surface area contributed by atoms with Crippen molar-refractivity contribution in [1.29, 1.82) is 0 Å². The highest BCUT2D eigenvalue weighted by Gasteiger charge is 2.23. The third kappa shape index (κ3) is 5.05. The molecular formula is C12H19BrClN3O2S. The van der Waals surface area contributed by atoms with Gasteiger partial charge in [-0.05, 0) is 41.9 Å². The molecule has 1 rings (SSSR count). The van der Waals surface area contributed by atoms with E-state index in [0.717, 1.165) is 3.79 Å². The average molecular weight is 385 g/mol. The number of amides is 2. The normalized spacial score (nSPS) is 13.1. The number of thiophene rings is 1. The molecule has 1 aromatic rings. The number of carbonyl (C=O) groups is 2. The molecule has 0 fully saturated rings. The number of hydrogen-bond acceptors (Lipinski definition) is 4. The second kappa shape index (κ2) is 8.61. The van der Waals surface area contributed by atoms with Gasteiger partial charge in [0.25, 0.3) is 5.91 Å². The highest BCUT2D eigenvalue weighted by molar-refractivity contribution is 9.11. The molecule has 2 atom stereocenters. The minimum Gasteiger partial charge on any atom is -0.340 e. The highest BCUT2D eigenvalue weighted by atomic mass is 79.9. The Bertz CT molecular complexity index is 469. The van der Waals surface area contributed by atoms with Crippen LogP contribution in [0.25, 0.3) is 0 Å². The summed E-state index contributed by atoms with van der Waals surface area (Å²) in [5, 5.41) is 2.69. The van der Waals surface area contributed by atoms with Gasteiger partial charge in [-0.1, -0.05) is 0 Å².